The number of para-hydroxylation sites is 3. The zero-order chi connectivity index (χ0) is 27.6. The molecular weight excluding hydrogens is 510 g/mol. The van der Waals surface area contributed by atoms with E-state index in [-0.39, 0.29) is 0 Å². The Bertz CT molecular complexity index is 2430. The molecule has 0 N–H and O–H groups in total. The molecule has 0 spiro atoms. The van der Waals surface area contributed by atoms with Crippen molar-refractivity contribution in [2.45, 2.75) is 0 Å². The molecule has 9 aromatic rings. The maximum absolute atomic E-state index is 5.02. The molecule has 0 fully saturated rings. The van der Waals surface area contributed by atoms with Crippen molar-refractivity contribution in [1.29, 1.82) is 0 Å². The Morgan fingerprint density at radius 1 is 0.357 bits per heavy atom. The van der Waals surface area contributed by atoms with Crippen molar-refractivity contribution >= 4 is 54.4 Å². The van der Waals surface area contributed by atoms with Crippen LogP contribution in [0.4, 0.5) is 0 Å². The first-order chi connectivity index (χ1) is 20.9. The molecule has 0 atom stereocenters. The first-order valence-corrected chi connectivity index (χ1v) is 14.3. The average molecular weight is 536 g/mol. The minimum Gasteiger partial charge on any atom is -0.309 e. The van der Waals surface area contributed by atoms with Gasteiger partial charge in [0.25, 0.3) is 0 Å². The molecule has 9 rings (SSSR count). The molecule has 0 bridgehead atoms. The van der Waals surface area contributed by atoms with Crippen LogP contribution in [0.25, 0.3) is 77.0 Å². The highest BCUT2D eigenvalue weighted by Crippen LogP contribution is 2.41. The van der Waals surface area contributed by atoms with Gasteiger partial charge in [-0.2, -0.15) is 0 Å². The van der Waals surface area contributed by atoms with Crippen molar-refractivity contribution in [3.05, 3.63) is 152 Å². The van der Waals surface area contributed by atoms with Gasteiger partial charge in [0.15, 0.2) is 0 Å². The predicted octanol–water partition coefficient (Wildman–Crippen LogP) is 10.1. The zero-order valence-electron chi connectivity index (χ0n) is 22.8. The number of nitrogens with zero attached hydrogens (tertiary/aromatic N) is 3. The van der Waals surface area contributed by atoms with Crippen molar-refractivity contribution in [3.8, 4) is 22.6 Å². The topological polar surface area (TPSA) is 22.8 Å². The van der Waals surface area contributed by atoms with Crippen LogP contribution in [0.5, 0.6) is 0 Å². The summed E-state index contributed by atoms with van der Waals surface area (Å²) in [6, 6.07) is 52.0. The second-order valence-corrected chi connectivity index (χ2v) is 10.8. The van der Waals surface area contributed by atoms with Crippen LogP contribution in [0.1, 0.15) is 0 Å². The van der Waals surface area contributed by atoms with E-state index in [1.165, 1.54) is 54.4 Å². The third kappa shape index (κ3) is 3.25. The van der Waals surface area contributed by atoms with Gasteiger partial charge in [0.05, 0.1) is 22.1 Å². The Morgan fingerprint density at radius 3 is 1.45 bits per heavy atom. The molecule has 196 valence electrons. The van der Waals surface area contributed by atoms with Crippen LogP contribution in [0.15, 0.2) is 152 Å². The molecule has 3 nitrogen and oxygen atoms in total. The number of benzene rings is 6. The summed E-state index contributed by atoms with van der Waals surface area (Å²) in [5.41, 5.74) is 8.22. The van der Waals surface area contributed by atoms with Crippen LogP contribution in [0.3, 0.4) is 0 Å². The second kappa shape index (κ2) is 8.92. The summed E-state index contributed by atoms with van der Waals surface area (Å²) < 4.78 is 4.75. The molecule has 42 heavy (non-hydrogen) atoms. The fraction of sp³-hybridized carbons (Fsp3) is 0. The van der Waals surface area contributed by atoms with Gasteiger partial charge >= 0.3 is 0 Å². The lowest BCUT2D eigenvalue weighted by Gasteiger charge is -2.12. The van der Waals surface area contributed by atoms with E-state index in [1.54, 1.807) is 0 Å². The van der Waals surface area contributed by atoms with Gasteiger partial charge in [-0.15, -0.1) is 0 Å². The Labute approximate surface area is 242 Å². The van der Waals surface area contributed by atoms with Crippen molar-refractivity contribution in [3.63, 3.8) is 0 Å². The first kappa shape index (κ1) is 23.1. The minimum absolute atomic E-state index is 0.914. The first-order valence-electron chi connectivity index (χ1n) is 14.3. The van der Waals surface area contributed by atoms with E-state index in [4.69, 9.17) is 4.98 Å². The number of aromatic nitrogens is 3. The summed E-state index contributed by atoms with van der Waals surface area (Å²) in [5, 5.41) is 7.42. The SMILES string of the molecule is c1ccc(-c2ccc(-n3c4ccccc4c4ccc5c(ccc6c7ccccc7n(-c7ccccc7)c65)c43)nc2)cc1. The number of fused-ring (bicyclic) bond motifs is 9. The summed E-state index contributed by atoms with van der Waals surface area (Å²) in [6.45, 7) is 0. The molecule has 0 amide bonds. The quantitative estimate of drug-likeness (QED) is 0.221. The van der Waals surface area contributed by atoms with E-state index < -0.39 is 0 Å². The lowest BCUT2D eigenvalue weighted by Crippen LogP contribution is -1.98. The Hall–Kier alpha value is -5.67. The van der Waals surface area contributed by atoms with Crippen LogP contribution in [0.2, 0.25) is 0 Å². The Morgan fingerprint density at radius 2 is 0.857 bits per heavy atom. The van der Waals surface area contributed by atoms with Crippen LogP contribution < -0.4 is 0 Å². The molecule has 3 aromatic heterocycles. The minimum atomic E-state index is 0.914. The fourth-order valence-electron chi connectivity index (χ4n) is 6.73. The number of pyridine rings is 1. The monoisotopic (exact) mass is 535 g/mol. The molecule has 0 saturated carbocycles. The van der Waals surface area contributed by atoms with Gasteiger partial charge in [0.1, 0.15) is 5.82 Å². The van der Waals surface area contributed by atoms with Crippen LogP contribution in [0, 0.1) is 0 Å². The third-order valence-corrected chi connectivity index (χ3v) is 8.56. The fourth-order valence-corrected chi connectivity index (χ4v) is 6.73. The maximum atomic E-state index is 5.02. The second-order valence-electron chi connectivity index (χ2n) is 10.8. The summed E-state index contributed by atoms with van der Waals surface area (Å²) in [5.74, 6) is 0.914. The highest BCUT2D eigenvalue weighted by molar-refractivity contribution is 6.26. The van der Waals surface area contributed by atoms with Crippen LogP contribution in [-0.2, 0) is 0 Å². The van der Waals surface area contributed by atoms with E-state index in [0.29, 0.717) is 0 Å². The molecule has 3 heteroatoms. The standard InChI is InChI=1S/C39H25N3/c1-3-11-26(12-4-1)27-19-24-37(40-25-27)42-36-18-10-8-16-30(36)32-21-22-33-34(39(32)42)23-20-31-29-15-7-9-17-35(29)41(38(31)33)28-13-5-2-6-14-28/h1-25H. The molecule has 0 aliphatic carbocycles. The molecule has 0 radical (unpaired) electrons. The van der Waals surface area contributed by atoms with Gasteiger partial charge in [0, 0.05) is 49.8 Å². The van der Waals surface area contributed by atoms with E-state index >= 15 is 0 Å². The molecule has 0 unspecified atom stereocenters. The molecule has 0 aliphatic rings. The molecule has 3 heterocycles. The zero-order valence-corrected chi connectivity index (χ0v) is 22.8. The van der Waals surface area contributed by atoms with Gasteiger partial charge in [-0.05, 0) is 42.0 Å². The summed E-state index contributed by atoms with van der Waals surface area (Å²) in [6.07, 6.45) is 1.99. The van der Waals surface area contributed by atoms with Gasteiger partial charge < -0.3 is 4.57 Å². The summed E-state index contributed by atoms with van der Waals surface area (Å²) >= 11 is 0. The highest BCUT2D eigenvalue weighted by Gasteiger charge is 2.20. The van der Waals surface area contributed by atoms with Crippen molar-refractivity contribution in [2.24, 2.45) is 0 Å². The number of hydrogen-bond acceptors (Lipinski definition) is 1. The molecule has 0 saturated heterocycles. The maximum Gasteiger partial charge on any atom is 0.137 e. The largest absolute Gasteiger partial charge is 0.309 e. The third-order valence-electron chi connectivity index (χ3n) is 8.56. The van der Waals surface area contributed by atoms with Crippen molar-refractivity contribution < 1.29 is 0 Å². The van der Waals surface area contributed by atoms with E-state index in [0.717, 1.165) is 22.6 Å². The average Bonchev–Trinajstić information content (AvgIpc) is 3.59. The highest BCUT2D eigenvalue weighted by atomic mass is 15.1. The van der Waals surface area contributed by atoms with Crippen molar-refractivity contribution in [1.82, 2.24) is 14.1 Å². The summed E-state index contributed by atoms with van der Waals surface area (Å²) in [4.78, 5) is 5.02. The van der Waals surface area contributed by atoms with Gasteiger partial charge in [-0.1, -0.05) is 109 Å². The van der Waals surface area contributed by atoms with Crippen LogP contribution in [-0.4, -0.2) is 14.1 Å². The van der Waals surface area contributed by atoms with Gasteiger partial charge in [-0.25, -0.2) is 4.98 Å². The predicted molar refractivity (Wildman–Crippen MR) is 176 cm³/mol. The van der Waals surface area contributed by atoms with Gasteiger partial charge in [-0.3, -0.25) is 4.57 Å². The summed E-state index contributed by atoms with van der Waals surface area (Å²) in [7, 11) is 0. The molecule has 6 aromatic carbocycles. The van der Waals surface area contributed by atoms with E-state index in [1.807, 2.05) is 12.3 Å². The lowest BCUT2D eigenvalue weighted by atomic mass is 10.0. The Kier molecular flexibility index (Phi) is 4.90. The number of rotatable bonds is 3. The Balaban J connectivity index is 1.40. The number of hydrogen-bond donors (Lipinski definition) is 0. The van der Waals surface area contributed by atoms with Gasteiger partial charge in [0.2, 0.25) is 0 Å². The smallest absolute Gasteiger partial charge is 0.137 e. The van der Waals surface area contributed by atoms with Crippen LogP contribution >= 0.6 is 0 Å². The molecular formula is C39H25N3. The van der Waals surface area contributed by atoms with E-state index in [2.05, 4.69) is 149 Å². The lowest BCUT2D eigenvalue weighted by molar-refractivity contribution is 1.08. The normalized spacial score (nSPS) is 11.8. The van der Waals surface area contributed by atoms with Crippen molar-refractivity contribution in [2.75, 3.05) is 0 Å². The molecule has 0 aliphatic heterocycles. The van der Waals surface area contributed by atoms with E-state index in [9.17, 15) is 0 Å².